The van der Waals surface area contributed by atoms with Crippen LogP contribution in [0, 0.1) is 0 Å². The first kappa shape index (κ1) is 29.6. The number of benzene rings is 9. The van der Waals surface area contributed by atoms with Crippen molar-refractivity contribution in [1.82, 2.24) is 9.97 Å². The summed E-state index contributed by atoms with van der Waals surface area (Å²) < 4.78 is 6.44. The SMILES string of the molecule is c1cc(-c2ccc(-c3ccc(-c4cccc5c4oc4ccccc45)c4ccccc34)cc2)cc(-c2ccc3c(c2)c2ccccc2c2nccnc32)c1. The van der Waals surface area contributed by atoms with Crippen molar-refractivity contribution in [3.8, 4) is 44.5 Å². The average Bonchev–Trinajstić information content (AvgIpc) is 3.63. The van der Waals surface area contributed by atoms with Crippen molar-refractivity contribution < 1.29 is 4.42 Å². The van der Waals surface area contributed by atoms with Gasteiger partial charge in [0.15, 0.2) is 0 Å². The third kappa shape index (κ3) is 4.68. The van der Waals surface area contributed by atoms with Crippen molar-refractivity contribution in [2.75, 3.05) is 0 Å². The summed E-state index contributed by atoms with van der Waals surface area (Å²) in [6.07, 6.45) is 3.55. The van der Waals surface area contributed by atoms with Crippen LogP contribution < -0.4 is 0 Å². The highest BCUT2D eigenvalue weighted by Crippen LogP contribution is 2.42. The lowest BCUT2D eigenvalue weighted by Gasteiger charge is -2.13. The molecule has 0 aliphatic heterocycles. The summed E-state index contributed by atoms with van der Waals surface area (Å²) in [6.45, 7) is 0. The van der Waals surface area contributed by atoms with Crippen molar-refractivity contribution in [2.45, 2.75) is 0 Å². The van der Waals surface area contributed by atoms with E-state index >= 15 is 0 Å². The molecule has 11 aromatic rings. The fourth-order valence-corrected chi connectivity index (χ4v) is 8.28. The number of furan rings is 1. The van der Waals surface area contributed by atoms with Gasteiger partial charge < -0.3 is 4.42 Å². The number of fused-ring (bicyclic) bond motifs is 10. The lowest BCUT2D eigenvalue weighted by atomic mass is 9.90. The van der Waals surface area contributed by atoms with Crippen molar-refractivity contribution in [1.29, 1.82) is 0 Å². The van der Waals surface area contributed by atoms with Gasteiger partial charge in [-0.15, -0.1) is 0 Å². The first-order valence-corrected chi connectivity index (χ1v) is 18.0. The maximum atomic E-state index is 6.44. The Bertz CT molecular complexity index is 3190. The van der Waals surface area contributed by atoms with E-state index in [0.29, 0.717) is 0 Å². The first-order chi connectivity index (χ1) is 26.3. The maximum absolute atomic E-state index is 6.44. The summed E-state index contributed by atoms with van der Waals surface area (Å²) in [5.41, 5.74) is 13.1. The molecule has 0 N–H and O–H groups in total. The highest BCUT2D eigenvalue weighted by atomic mass is 16.3. The molecule has 0 amide bonds. The first-order valence-electron chi connectivity index (χ1n) is 18.0. The van der Waals surface area contributed by atoms with Crippen molar-refractivity contribution >= 4 is 65.3 Å². The van der Waals surface area contributed by atoms with Crippen LogP contribution in [0.3, 0.4) is 0 Å². The Morgan fingerprint density at radius 3 is 1.64 bits per heavy atom. The number of aromatic nitrogens is 2. The van der Waals surface area contributed by atoms with Crippen LogP contribution in [0.5, 0.6) is 0 Å². The van der Waals surface area contributed by atoms with Gasteiger partial charge in [-0.25, -0.2) is 0 Å². The number of hydrogen-bond acceptors (Lipinski definition) is 3. The smallest absolute Gasteiger partial charge is 0.143 e. The summed E-state index contributed by atoms with van der Waals surface area (Å²) in [6, 6.07) is 61.0. The van der Waals surface area contributed by atoms with Crippen molar-refractivity contribution in [2.24, 2.45) is 0 Å². The van der Waals surface area contributed by atoms with E-state index in [1.807, 2.05) is 12.1 Å². The van der Waals surface area contributed by atoms with Gasteiger partial charge in [-0.2, -0.15) is 0 Å². The molecule has 0 fully saturated rings. The van der Waals surface area contributed by atoms with Gasteiger partial charge in [0, 0.05) is 39.5 Å². The van der Waals surface area contributed by atoms with E-state index in [0.717, 1.165) is 49.3 Å². The van der Waals surface area contributed by atoms with E-state index in [2.05, 4.69) is 158 Å². The Morgan fingerprint density at radius 1 is 0.302 bits per heavy atom. The number of rotatable bonds is 4. The predicted molar refractivity (Wildman–Crippen MR) is 221 cm³/mol. The zero-order valence-corrected chi connectivity index (χ0v) is 28.6. The second kappa shape index (κ2) is 11.7. The van der Waals surface area contributed by atoms with Crippen LogP contribution in [-0.2, 0) is 0 Å². The molecule has 0 saturated heterocycles. The van der Waals surface area contributed by atoms with Gasteiger partial charge in [-0.05, 0) is 78.7 Å². The van der Waals surface area contributed by atoms with Gasteiger partial charge in [0.2, 0.25) is 0 Å². The van der Waals surface area contributed by atoms with E-state index in [4.69, 9.17) is 14.4 Å². The van der Waals surface area contributed by atoms with Crippen LogP contribution in [0.15, 0.2) is 187 Å². The standard InChI is InChI=1S/C50H30N2O/c1-2-12-38-37(11-1)36(25-26-40(38)44-16-8-17-45-41-14-5-6-18-47(41)53-50(44)45)32-21-19-31(20-22-32)33-9-7-10-34(29-33)35-23-24-43-46(30-35)39-13-3-4-15-42(39)48-49(43)52-28-27-51-48/h1-30H. The van der Waals surface area contributed by atoms with Gasteiger partial charge in [-0.3, -0.25) is 9.97 Å². The molecule has 9 aromatic carbocycles. The summed E-state index contributed by atoms with van der Waals surface area (Å²) >= 11 is 0. The van der Waals surface area contributed by atoms with Gasteiger partial charge in [0.25, 0.3) is 0 Å². The largest absolute Gasteiger partial charge is 0.455 e. The quantitative estimate of drug-likeness (QED) is 0.174. The lowest BCUT2D eigenvalue weighted by molar-refractivity contribution is 0.670. The molecule has 0 atom stereocenters. The Labute approximate surface area is 305 Å². The molecule has 246 valence electrons. The molecule has 11 rings (SSSR count). The Balaban J connectivity index is 0.966. The zero-order valence-electron chi connectivity index (χ0n) is 28.6. The minimum absolute atomic E-state index is 0.913. The average molecular weight is 675 g/mol. The number of nitrogens with zero attached hydrogens (tertiary/aromatic N) is 2. The van der Waals surface area contributed by atoms with Crippen LogP contribution >= 0.6 is 0 Å². The molecular weight excluding hydrogens is 645 g/mol. The predicted octanol–water partition coefficient (Wildman–Crippen LogP) is 13.7. The summed E-state index contributed by atoms with van der Waals surface area (Å²) in [7, 11) is 0. The molecule has 3 heteroatoms. The van der Waals surface area contributed by atoms with Crippen LogP contribution in [0.4, 0.5) is 0 Å². The van der Waals surface area contributed by atoms with Gasteiger partial charge >= 0.3 is 0 Å². The fourth-order valence-electron chi connectivity index (χ4n) is 8.28. The van der Waals surface area contributed by atoms with E-state index in [1.54, 1.807) is 12.4 Å². The molecule has 0 aliphatic carbocycles. The molecule has 0 unspecified atom stereocenters. The molecule has 53 heavy (non-hydrogen) atoms. The van der Waals surface area contributed by atoms with Crippen LogP contribution in [0.25, 0.3) is 110 Å². The fraction of sp³-hybridized carbons (Fsp3) is 0. The Morgan fingerprint density at radius 2 is 0.849 bits per heavy atom. The molecular formula is C50H30N2O. The van der Waals surface area contributed by atoms with Crippen LogP contribution in [0.2, 0.25) is 0 Å². The highest BCUT2D eigenvalue weighted by Gasteiger charge is 2.16. The minimum atomic E-state index is 0.913. The van der Waals surface area contributed by atoms with Gasteiger partial charge in [0.1, 0.15) is 11.2 Å². The molecule has 0 bridgehead atoms. The Hall–Kier alpha value is -7.10. The molecule has 0 saturated carbocycles. The molecule has 0 aliphatic rings. The Kier molecular flexibility index (Phi) is 6.55. The third-order valence-corrected chi connectivity index (χ3v) is 10.8. The lowest BCUT2D eigenvalue weighted by Crippen LogP contribution is -1.89. The van der Waals surface area contributed by atoms with Crippen LogP contribution in [0.1, 0.15) is 0 Å². The molecule has 0 spiro atoms. The topological polar surface area (TPSA) is 38.9 Å². The maximum Gasteiger partial charge on any atom is 0.143 e. The minimum Gasteiger partial charge on any atom is -0.455 e. The van der Waals surface area contributed by atoms with Gasteiger partial charge in [0.05, 0.1) is 11.0 Å². The van der Waals surface area contributed by atoms with Gasteiger partial charge in [-0.1, -0.05) is 152 Å². The van der Waals surface area contributed by atoms with E-state index < -0.39 is 0 Å². The van der Waals surface area contributed by atoms with Crippen LogP contribution in [-0.4, -0.2) is 9.97 Å². The highest BCUT2D eigenvalue weighted by molar-refractivity contribution is 6.23. The van der Waals surface area contributed by atoms with E-state index in [9.17, 15) is 0 Å². The molecule has 2 aromatic heterocycles. The van der Waals surface area contributed by atoms with Crippen molar-refractivity contribution in [3.63, 3.8) is 0 Å². The zero-order chi connectivity index (χ0) is 34.9. The monoisotopic (exact) mass is 674 g/mol. The normalized spacial score (nSPS) is 11.8. The molecule has 3 nitrogen and oxygen atoms in total. The number of para-hydroxylation sites is 2. The van der Waals surface area contributed by atoms with Crippen molar-refractivity contribution in [3.05, 3.63) is 182 Å². The second-order valence-electron chi connectivity index (χ2n) is 13.7. The third-order valence-electron chi connectivity index (χ3n) is 10.8. The van der Waals surface area contributed by atoms with E-state index in [1.165, 1.54) is 60.5 Å². The summed E-state index contributed by atoms with van der Waals surface area (Å²) in [4.78, 5) is 9.42. The summed E-state index contributed by atoms with van der Waals surface area (Å²) in [5.74, 6) is 0. The van der Waals surface area contributed by atoms with E-state index in [-0.39, 0.29) is 0 Å². The number of hydrogen-bond donors (Lipinski definition) is 0. The molecule has 0 radical (unpaired) electrons. The molecule has 2 heterocycles. The summed E-state index contributed by atoms with van der Waals surface area (Å²) in [5, 5.41) is 9.34. The second-order valence-corrected chi connectivity index (χ2v) is 13.7.